The third kappa shape index (κ3) is 1.72. The van der Waals surface area contributed by atoms with Crippen molar-refractivity contribution in [3.63, 3.8) is 0 Å². The average Bonchev–Trinajstić information content (AvgIpc) is 2.74. The highest BCUT2D eigenvalue weighted by Gasteiger charge is 2.28. The maximum atomic E-state index is 5.91. The van der Waals surface area contributed by atoms with E-state index in [4.69, 9.17) is 4.74 Å². The Bertz CT molecular complexity index is 322. The summed E-state index contributed by atoms with van der Waals surface area (Å²) >= 11 is 0. The number of pyridine rings is 1. The lowest BCUT2D eigenvalue weighted by atomic mass is 10.1. The lowest BCUT2D eigenvalue weighted by Crippen LogP contribution is -2.41. The quantitative estimate of drug-likeness (QED) is 0.698. The Labute approximate surface area is 90.1 Å². The summed E-state index contributed by atoms with van der Waals surface area (Å²) in [5, 5.41) is 0. The van der Waals surface area contributed by atoms with Gasteiger partial charge in [-0.3, -0.25) is 9.88 Å². The molecule has 80 valence electrons. The molecule has 3 heteroatoms. The number of rotatable bonds is 1. The van der Waals surface area contributed by atoms with E-state index in [-0.39, 0.29) is 6.23 Å². The molecule has 0 N–H and O–H groups in total. The number of piperidine rings is 1. The molecule has 1 atom stereocenters. The van der Waals surface area contributed by atoms with Crippen molar-refractivity contribution in [2.45, 2.75) is 31.9 Å². The predicted octanol–water partition coefficient (Wildman–Crippen LogP) is 1.83. The van der Waals surface area contributed by atoms with Crippen LogP contribution in [0.25, 0.3) is 0 Å². The number of ether oxygens (including phenoxy) is 1. The van der Waals surface area contributed by atoms with Gasteiger partial charge in [-0.15, -0.1) is 0 Å². The molecule has 1 unspecified atom stereocenters. The Kier molecular flexibility index (Phi) is 2.33. The van der Waals surface area contributed by atoms with Gasteiger partial charge in [0.25, 0.3) is 0 Å². The Hall–Kier alpha value is -1.09. The van der Waals surface area contributed by atoms with Crippen LogP contribution in [0.2, 0.25) is 0 Å². The second kappa shape index (κ2) is 3.81. The molecule has 0 aromatic carbocycles. The van der Waals surface area contributed by atoms with Crippen molar-refractivity contribution in [2.75, 3.05) is 13.1 Å². The van der Waals surface area contributed by atoms with Crippen molar-refractivity contribution in [2.24, 2.45) is 0 Å². The van der Waals surface area contributed by atoms with E-state index in [1.165, 1.54) is 37.9 Å². The zero-order valence-electron chi connectivity index (χ0n) is 8.85. The number of fused-ring (bicyclic) bond motifs is 1. The maximum Gasteiger partial charge on any atom is 0.156 e. The van der Waals surface area contributed by atoms with Crippen molar-refractivity contribution in [3.8, 4) is 5.75 Å². The fraction of sp³-hybridized carbons (Fsp3) is 0.583. The molecule has 0 aliphatic carbocycles. The zero-order valence-corrected chi connectivity index (χ0v) is 8.85. The number of aromatic nitrogens is 1. The van der Waals surface area contributed by atoms with Gasteiger partial charge in [0.2, 0.25) is 0 Å². The average molecular weight is 204 g/mol. The normalized spacial score (nSPS) is 26.0. The van der Waals surface area contributed by atoms with Crippen LogP contribution in [0.15, 0.2) is 18.5 Å². The minimum atomic E-state index is 0.268. The van der Waals surface area contributed by atoms with Crippen molar-refractivity contribution < 1.29 is 4.74 Å². The Morgan fingerprint density at radius 3 is 2.93 bits per heavy atom. The summed E-state index contributed by atoms with van der Waals surface area (Å²) in [6.45, 7) is 2.37. The molecule has 3 nitrogen and oxygen atoms in total. The molecule has 0 bridgehead atoms. The van der Waals surface area contributed by atoms with Crippen LogP contribution in [-0.2, 0) is 6.42 Å². The standard InChI is InChI=1S/C12H16N2O/c1-2-6-14(7-3-1)12-8-10-4-5-13-9-11(10)15-12/h4-5,9,12H,1-3,6-8H2. The van der Waals surface area contributed by atoms with Crippen molar-refractivity contribution >= 4 is 0 Å². The third-order valence-corrected chi connectivity index (χ3v) is 3.33. The van der Waals surface area contributed by atoms with Gasteiger partial charge in [0.05, 0.1) is 6.20 Å². The van der Waals surface area contributed by atoms with E-state index in [0.717, 1.165) is 12.2 Å². The summed E-state index contributed by atoms with van der Waals surface area (Å²) in [5.41, 5.74) is 1.31. The molecule has 1 aromatic rings. The summed E-state index contributed by atoms with van der Waals surface area (Å²) in [4.78, 5) is 6.55. The Morgan fingerprint density at radius 1 is 1.27 bits per heavy atom. The first-order chi connectivity index (χ1) is 7.43. The van der Waals surface area contributed by atoms with Crippen LogP contribution in [0.4, 0.5) is 0 Å². The summed E-state index contributed by atoms with van der Waals surface area (Å²) in [7, 11) is 0. The van der Waals surface area contributed by atoms with Crippen LogP contribution in [0.1, 0.15) is 24.8 Å². The molecule has 0 spiro atoms. The summed E-state index contributed by atoms with van der Waals surface area (Å²) < 4.78 is 5.91. The number of hydrogen-bond acceptors (Lipinski definition) is 3. The lowest BCUT2D eigenvalue weighted by Gasteiger charge is -2.31. The van der Waals surface area contributed by atoms with E-state index in [1.807, 2.05) is 12.4 Å². The Morgan fingerprint density at radius 2 is 2.13 bits per heavy atom. The molecule has 3 rings (SSSR count). The highest BCUT2D eigenvalue weighted by atomic mass is 16.5. The fourth-order valence-corrected chi connectivity index (χ4v) is 2.47. The highest BCUT2D eigenvalue weighted by molar-refractivity contribution is 5.34. The van der Waals surface area contributed by atoms with Gasteiger partial charge in [-0.05, 0) is 18.9 Å². The van der Waals surface area contributed by atoms with Gasteiger partial charge < -0.3 is 4.74 Å². The van der Waals surface area contributed by atoms with E-state index < -0.39 is 0 Å². The minimum absolute atomic E-state index is 0.268. The molecule has 2 aliphatic rings. The summed E-state index contributed by atoms with van der Waals surface area (Å²) in [5.74, 6) is 0.980. The van der Waals surface area contributed by atoms with Crippen LogP contribution in [-0.4, -0.2) is 29.2 Å². The first-order valence-electron chi connectivity index (χ1n) is 5.77. The van der Waals surface area contributed by atoms with Crippen molar-refractivity contribution in [1.82, 2.24) is 9.88 Å². The van der Waals surface area contributed by atoms with E-state index in [2.05, 4.69) is 16.0 Å². The summed E-state index contributed by atoms with van der Waals surface area (Å²) in [6, 6.07) is 2.07. The van der Waals surface area contributed by atoms with E-state index in [0.29, 0.717) is 0 Å². The molecule has 15 heavy (non-hydrogen) atoms. The van der Waals surface area contributed by atoms with Gasteiger partial charge in [-0.2, -0.15) is 0 Å². The molecule has 0 radical (unpaired) electrons. The second-order valence-corrected chi connectivity index (χ2v) is 4.36. The molecular weight excluding hydrogens is 188 g/mol. The van der Waals surface area contributed by atoms with Gasteiger partial charge in [-0.25, -0.2) is 0 Å². The van der Waals surface area contributed by atoms with Crippen molar-refractivity contribution in [1.29, 1.82) is 0 Å². The van der Waals surface area contributed by atoms with Crippen LogP contribution in [0.3, 0.4) is 0 Å². The molecule has 2 aliphatic heterocycles. The minimum Gasteiger partial charge on any atom is -0.473 e. The first kappa shape index (κ1) is 9.16. The number of nitrogens with zero attached hydrogens (tertiary/aromatic N) is 2. The van der Waals surface area contributed by atoms with Gasteiger partial charge in [0.1, 0.15) is 5.75 Å². The number of hydrogen-bond donors (Lipinski definition) is 0. The zero-order chi connectivity index (χ0) is 10.1. The van der Waals surface area contributed by atoms with Gasteiger partial charge >= 0.3 is 0 Å². The number of likely N-dealkylation sites (tertiary alicyclic amines) is 1. The second-order valence-electron chi connectivity index (χ2n) is 4.36. The molecule has 1 saturated heterocycles. The van der Waals surface area contributed by atoms with Crippen LogP contribution in [0.5, 0.6) is 5.75 Å². The fourth-order valence-electron chi connectivity index (χ4n) is 2.47. The van der Waals surface area contributed by atoms with Gasteiger partial charge in [-0.1, -0.05) is 6.42 Å². The maximum absolute atomic E-state index is 5.91. The molecule has 1 fully saturated rings. The molecular formula is C12H16N2O. The molecule has 0 saturated carbocycles. The molecule has 1 aromatic heterocycles. The monoisotopic (exact) mass is 204 g/mol. The van der Waals surface area contributed by atoms with Gasteiger partial charge in [0, 0.05) is 31.3 Å². The highest BCUT2D eigenvalue weighted by Crippen LogP contribution is 2.29. The molecule has 3 heterocycles. The SMILES string of the molecule is c1cc2c(cn1)OC(N1CCCCC1)C2. The predicted molar refractivity (Wildman–Crippen MR) is 57.8 cm³/mol. The van der Waals surface area contributed by atoms with E-state index in [1.54, 1.807) is 0 Å². The topological polar surface area (TPSA) is 25.4 Å². The third-order valence-electron chi connectivity index (χ3n) is 3.33. The summed E-state index contributed by atoms with van der Waals surface area (Å²) in [6.07, 6.45) is 8.97. The Balaban J connectivity index is 1.72. The molecule has 0 amide bonds. The lowest BCUT2D eigenvalue weighted by molar-refractivity contribution is 0.0287. The largest absolute Gasteiger partial charge is 0.473 e. The van der Waals surface area contributed by atoms with Crippen LogP contribution >= 0.6 is 0 Å². The smallest absolute Gasteiger partial charge is 0.156 e. The van der Waals surface area contributed by atoms with Gasteiger partial charge in [0.15, 0.2) is 6.23 Å². The first-order valence-corrected chi connectivity index (χ1v) is 5.77. The van der Waals surface area contributed by atoms with E-state index >= 15 is 0 Å². The van der Waals surface area contributed by atoms with Crippen molar-refractivity contribution in [3.05, 3.63) is 24.0 Å². The van der Waals surface area contributed by atoms with Crippen LogP contribution < -0.4 is 4.74 Å². The van der Waals surface area contributed by atoms with E-state index in [9.17, 15) is 0 Å². The van der Waals surface area contributed by atoms with Crippen LogP contribution in [0, 0.1) is 0 Å².